The third-order valence-electron chi connectivity index (χ3n) is 3.88. The highest BCUT2D eigenvalue weighted by Gasteiger charge is 2.34. The van der Waals surface area contributed by atoms with E-state index in [9.17, 15) is 0 Å². The smallest absolute Gasteiger partial charge is 0.228 e. The summed E-state index contributed by atoms with van der Waals surface area (Å²) in [5.41, 5.74) is 2.22. The largest absolute Gasteiger partial charge is 0.470 e. The molecule has 3 atom stereocenters. The van der Waals surface area contributed by atoms with Crippen molar-refractivity contribution in [1.82, 2.24) is 0 Å². The zero-order valence-corrected chi connectivity index (χ0v) is 13.7. The van der Waals surface area contributed by atoms with E-state index in [-0.39, 0.29) is 12.2 Å². The Morgan fingerprint density at radius 3 is 2.00 bits per heavy atom. The van der Waals surface area contributed by atoms with Crippen LogP contribution in [0.4, 0.5) is 0 Å². The Labute approximate surface area is 142 Å². The summed E-state index contributed by atoms with van der Waals surface area (Å²) in [6.07, 6.45) is 2.44. The lowest BCUT2D eigenvalue weighted by molar-refractivity contribution is -0.213. The van der Waals surface area contributed by atoms with Gasteiger partial charge in [0.25, 0.3) is 0 Å². The van der Waals surface area contributed by atoms with Crippen LogP contribution in [0.3, 0.4) is 0 Å². The highest BCUT2D eigenvalue weighted by atomic mass is 16.7. The molecule has 0 aromatic heterocycles. The molecule has 0 fully saturated rings. The van der Waals surface area contributed by atoms with Gasteiger partial charge in [-0.2, -0.15) is 0 Å². The van der Waals surface area contributed by atoms with Crippen LogP contribution in [0.25, 0.3) is 0 Å². The quantitative estimate of drug-likeness (QED) is 0.778. The van der Waals surface area contributed by atoms with Crippen molar-refractivity contribution < 1.29 is 18.9 Å². The van der Waals surface area contributed by atoms with Gasteiger partial charge in [-0.15, -0.1) is 0 Å². The topological polar surface area (TPSA) is 36.9 Å². The maximum Gasteiger partial charge on any atom is 0.228 e. The van der Waals surface area contributed by atoms with Crippen LogP contribution in [-0.2, 0) is 32.2 Å². The molecule has 2 aromatic rings. The number of rotatable bonds is 7. The molecule has 24 heavy (non-hydrogen) atoms. The van der Waals surface area contributed by atoms with E-state index >= 15 is 0 Å². The fourth-order valence-corrected chi connectivity index (χ4v) is 2.59. The zero-order valence-electron chi connectivity index (χ0n) is 13.7. The van der Waals surface area contributed by atoms with Crippen LogP contribution in [0.5, 0.6) is 0 Å². The molecular formula is C20H22O4. The first-order valence-corrected chi connectivity index (χ1v) is 8.03. The minimum Gasteiger partial charge on any atom is -0.470 e. The Hall–Kier alpha value is -2.14. The summed E-state index contributed by atoms with van der Waals surface area (Å²) in [4.78, 5) is 0. The predicted octanol–water partition coefficient (Wildman–Crippen LogP) is 3.67. The molecule has 0 radical (unpaired) electrons. The van der Waals surface area contributed by atoms with Gasteiger partial charge in [0.2, 0.25) is 6.29 Å². The molecule has 0 aliphatic carbocycles. The summed E-state index contributed by atoms with van der Waals surface area (Å²) in [5.74, 6) is 0. The standard InChI is InChI=1S/C20H22O4/c1-21-20-19(24-15-17-10-6-3-7-11-17)18(12-13-22-20)23-14-16-8-4-2-5-9-16/h2-13,18-20H,14-15H2,1H3/t18-,19-,20+/m0/s1. The summed E-state index contributed by atoms with van der Waals surface area (Å²) < 4.78 is 23.0. The van der Waals surface area contributed by atoms with Crippen LogP contribution >= 0.6 is 0 Å². The first-order chi connectivity index (χ1) is 11.9. The van der Waals surface area contributed by atoms with Gasteiger partial charge in [-0.1, -0.05) is 60.7 Å². The van der Waals surface area contributed by atoms with Crippen molar-refractivity contribution in [1.29, 1.82) is 0 Å². The summed E-state index contributed by atoms with van der Waals surface area (Å²) in [5, 5.41) is 0. The maximum absolute atomic E-state index is 6.05. The van der Waals surface area contributed by atoms with Crippen molar-refractivity contribution in [2.45, 2.75) is 31.7 Å². The fourth-order valence-electron chi connectivity index (χ4n) is 2.59. The Balaban J connectivity index is 1.63. The molecule has 0 unspecified atom stereocenters. The Bertz CT molecular complexity index is 627. The van der Waals surface area contributed by atoms with E-state index in [0.29, 0.717) is 13.2 Å². The lowest BCUT2D eigenvalue weighted by atomic mass is 10.1. The molecule has 1 aliphatic rings. The highest BCUT2D eigenvalue weighted by molar-refractivity contribution is 5.14. The van der Waals surface area contributed by atoms with Gasteiger partial charge >= 0.3 is 0 Å². The van der Waals surface area contributed by atoms with E-state index in [0.717, 1.165) is 11.1 Å². The Morgan fingerprint density at radius 2 is 1.42 bits per heavy atom. The van der Waals surface area contributed by atoms with Gasteiger partial charge in [-0.3, -0.25) is 0 Å². The van der Waals surface area contributed by atoms with E-state index < -0.39 is 6.29 Å². The normalized spacial score (nSPS) is 23.0. The second kappa shape index (κ2) is 8.64. The highest BCUT2D eigenvalue weighted by Crippen LogP contribution is 2.22. The van der Waals surface area contributed by atoms with E-state index in [1.807, 2.05) is 66.7 Å². The molecule has 0 saturated carbocycles. The minimum atomic E-state index is -0.487. The average Bonchev–Trinajstić information content (AvgIpc) is 2.66. The van der Waals surface area contributed by atoms with Gasteiger partial charge in [0, 0.05) is 7.11 Å². The predicted molar refractivity (Wildman–Crippen MR) is 91.1 cm³/mol. The molecule has 0 amide bonds. The van der Waals surface area contributed by atoms with Crippen molar-refractivity contribution >= 4 is 0 Å². The molecule has 4 nitrogen and oxygen atoms in total. The summed E-state index contributed by atoms with van der Waals surface area (Å²) in [6, 6.07) is 20.1. The van der Waals surface area contributed by atoms with E-state index in [1.54, 1.807) is 13.4 Å². The molecule has 126 valence electrons. The molecule has 4 heteroatoms. The number of hydrogen-bond donors (Lipinski definition) is 0. The van der Waals surface area contributed by atoms with E-state index in [2.05, 4.69) is 0 Å². The third kappa shape index (κ3) is 4.45. The van der Waals surface area contributed by atoms with Gasteiger partial charge < -0.3 is 18.9 Å². The molecule has 2 aromatic carbocycles. The van der Waals surface area contributed by atoms with Gasteiger partial charge in [-0.05, 0) is 17.2 Å². The first-order valence-electron chi connectivity index (χ1n) is 8.03. The summed E-state index contributed by atoms with van der Waals surface area (Å²) in [6.45, 7) is 0.991. The molecule has 0 bridgehead atoms. The SMILES string of the molecule is CO[C@@H]1OC=C[C@H](OCc2ccccc2)[C@@H]1OCc1ccccc1. The number of ether oxygens (including phenoxy) is 4. The van der Waals surface area contributed by atoms with E-state index in [1.165, 1.54) is 0 Å². The van der Waals surface area contributed by atoms with Crippen LogP contribution in [0, 0.1) is 0 Å². The van der Waals surface area contributed by atoms with Gasteiger partial charge in [0.15, 0.2) is 0 Å². The van der Waals surface area contributed by atoms with Crippen molar-refractivity contribution in [3.63, 3.8) is 0 Å². The summed E-state index contributed by atoms with van der Waals surface area (Å²) in [7, 11) is 1.61. The molecule has 0 N–H and O–H groups in total. The van der Waals surface area contributed by atoms with Crippen LogP contribution in [0.2, 0.25) is 0 Å². The number of benzene rings is 2. The molecular weight excluding hydrogens is 304 g/mol. The molecule has 1 heterocycles. The number of methoxy groups -OCH3 is 1. The summed E-state index contributed by atoms with van der Waals surface area (Å²) >= 11 is 0. The monoisotopic (exact) mass is 326 g/mol. The van der Waals surface area contributed by atoms with Gasteiger partial charge in [0.05, 0.1) is 19.5 Å². The van der Waals surface area contributed by atoms with E-state index in [4.69, 9.17) is 18.9 Å². The van der Waals surface area contributed by atoms with Gasteiger partial charge in [-0.25, -0.2) is 0 Å². The van der Waals surface area contributed by atoms with Gasteiger partial charge in [0.1, 0.15) is 12.2 Å². The molecule has 0 spiro atoms. The maximum atomic E-state index is 6.05. The lowest BCUT2D eigenvalue weighted by Crippen LogP contribution is -2.44. The second-order valence-electron chi connectivity index (χ2n) is 5.59. The third-order valence-corrected chi connectivity index (χ3v) is 3.88. The Morgan fingerprint density at radius 1 is 0.833 bits per heavy atom. The van der Waals surface area contributed by atoms with Crippen molar-refractivity contribution in [3.8, 4) is 0 Å². The van der Waals surface area contributed by atoms with Crippen LogP contribution in [0.1, 0.15) is 11.1 Å². The van der Waals surface area contributed by atoms with Crippen molar-refractivity contribution in [2.24, 2.45) is 0 Å². The fraction of sp³-hybridized carbons (Fsp3) is 0.300. The van der Waals surface area contributed by atoms with Crippen LogP contribution < -0.4 is 0 Å². The first kappa shape index (κ1) is 16.7. The molecule has 1 aliphatic heterocycles. The Kier molecular flexibility index (Phi) is 6.01. The van der Waals surface area contributed by atoms with Crippen LogP contribution in [0.15, 0.2) is 73.0 Å². The second-order valence-corrected chi connectivity index (χ2v) is 5.59. The number of hydrogen-bond acceptors (Lipinski definition) is 4. The lowest BCUT2D eigenvalue weighted by Gasteiger charge is -2.33. The van der Waals surface area contributed by atoms with Crippen molar-refractivity contribution in [2.75, 3.05) is 7.11 Å². The zero-order chi connectivity index (χ0) is 16.6. The molecule has 0 saturated heterocycles. The minimum absolute atomic E-state index is 0.229. The average molecular weight is 326 g/mol. The molecule has 3 rings (SSSR count). The van der Waals surface area contributed by atoms with Crippen molar-refractivity contribution in [3.05, 3.63) is 84.1 Å². The van der Waals surface area contributed by atoms with Crippen LogP contribution in [-0.4, -0.2) is 25.6 Å².